The lowest BCUT2D eigenvalue weighted by Crippen LogP contribution is -2.45. The fourth-order valence-corrected chi connectivity index (χ4v) is 2.43. The maximum Gasteiger partial charge on any atom is 0.258 e. The van der Waals surface area contributed by atoms with E-state index in [9.17, 15) is 4.79 Å². The van der Waals surface area contributed by atoms with Gasteiger partial charge in [-0.05, 0) is 41.3 Å². The molecule has 16 heavy (non-hydrogen) atoms. The molecule has 1 saturated carbocycles. The summed E-state index contributed by atoms with van der Waals surface area (Å²) < 4.78 is 5.58. The van der Waals surface area contributed by atoms with Crippen molar-refractivity contribution in [2.75, 3.05) is 12.4 Å². The van der Waals surface area contributed by atoms with Crippen LogP contribution < -0.4 is 0 Å². The zero-order valence-corrected chi connectivity index (χ0v) is 11.1. The number of alkyl halides is 1. The molecule has 0 radical (unpaired) electrons. The highest BCUT2D eigenvalue weighted by molar-refractivity contribution is 9.10. The van der Waals surface area contributed by atoms with Crippen molar-refractivity contribution in [3.63, 3.8) is 0 Å². The summed E-state index contributed by atoms with van der Waals surface area (Å²) in [6.45, 7) is 0.600. The molecule has 0 aromatic carbocycles. The zero-order chi connectivity index (χ0) is 11.5. The molecule has 1 aromatic rings. The van der Waals surface area contributed by atoms with Gasteiger partial charge < -0.3 is 9.32 Å². The van der Waals surface area contributed by atoms with E-state index in [1.54, 1.807) is 6.07 Å². The Morgan fingerprint density at radius 2 is 2.38 bits per heavy atom. The van der Waals surface area contributed by atoms with E-state index in [0.717, 1.165) is 12.8 Å². The molecule has 1 aliphatic rings. The molecule has 3 nitrogen and oxygen atoms in total. The van der Waals surface area contributed by atoms with Crippen LogP contribution in [0.2, 0.25) is 0 Å². The number of carbonyl (C=O) groups excluding carboxylic acids is 1. The Bertz CT molecular complexity index is 376. The predicted octanol–water partition coefficient (Wildman–Crippen LogP) is 3.28. The Hall–Kier alpha value is -0.480. The average molecular weight is 307 g/mol. The first-order valence-electron chi connectivity index (χ1n) is 5.34. The summed E-state index contributed by atoms with van der Waals surface area (Å²) in [5.41, 5.74) is 0.581. The molecule has 1 fully saturated rings. The van der Waals surface area contributed by atoms with Gasteiger partial charge in [-0.3, -0.25) is 4.79 Å². The molecule has 5 heteroatoms. The number of amides is 1. The van der Waals surface area contributed by atoms with Crippen molar-refractivity contribution in [3.8, 4) is 0 Å². The molecule has 0 bridgehead atoms. The zero-order valence-electron chi connectivity index (χ0n) is 8.79. The van der Waals surface area contributed by atoms with Gasteiger partial charge in [0.05, 0.1) is 11.8 Å². The third kappa shape index (κ3) is 2.28. The van der Waals surface area contributed by atoms with Crippen LogP contribution in [0.25, 0.3) is 0 Å². The van der Waals surface area contributed by atoms with Gasteiger partial charge in [-0.15, -0.1) is 11.6 Å². The van der Waals surface area contributed by atoms with E-state index in [-0.39, 0.29) is 5.91 Å². The maximum absolute atomic E-state index is 12.2. The molecular weight excluding hydrogens is 293 g/mol. The largest absolute Gasteiger partial charge is 0.457 e. The molecule has 0 unspecified atom stereocenters. The SMILES string of the molecule is O=C(c1ccoc1Br)N(CCCl)C1CCC1. The summed E-state index contributed by atoms with van der Waals surface area (Å²) in [6, 6.07) is 2.04. The molecule has 0 saturated heterocycles. The third-order valence-corrected chi connectivity index (χ3v) is 3.73. The Labute approximate surface area is 108 Å². The van der Waals surface area contributed by atoms with Crippen molar-refractivity contribution in [3.05, 3.63) is 22.6 Å². The van der Waals surface area contributed by atoms with E-state index in [4.69, 9.17) is 16.0 Å². The van der Waals surface area contributed by atoms with Crippen molar-refractivity contribution in [2.45, 2.75) is 25.3 Å². The van der Waals surface area contributed by atoms with Gasteiger partial charge in [0.15, 0.2) is 4.67 Å². The topological polar surface area (TPSA) is 33.5 Å². The first kappa shape index (κ1) is 12.0. The monoisotopic (exact) mass is 305 g/mol. The number of carbonyl (C=O) groups is 1. The molecule has 0 atom stereocenters. The van der Waals surface area contributed by atoms with Gasteiger partial charge in [-0.25, -0.2) is 0 Å². The first-order valence-corrected chi connectivity index (χ1v) is 6.66. The number of halogens is 2. The lowest BCUT2D eigenvalue weighted by atomic mass is 9.91. The van der Waals surface area contributed by atoms with Gasteiger partial charge in [0.2, 0.25) is 0 Å². The lowest BCUT2D eigenvalue weighted by Gasteiger charge is -2.37. The van der Waals surface area contributed by atoms with Gasteiger partial charge >= 0.3 is 0 Å². The van der Waals surface area contributed by atoms with Crippen LogP contribution in [0.1, 0.15) is 29.6 Å². The van der Waals surface area contributed by atoms with Crippen molar-refractivity contribution in [2.24, 2.45) is 0 Å². The van der Waals surface area contributed by atoms with Crippen LogP contribution in [-0.2, 0) is 0 Å². The van der Waals surface area contributed by atoms with Crippen LogP contribution in [0, 0.1) is 0 Å². The molecule has 1 amide bonds. The second-order valence-corrected chi connectivity index (χ2v) is 4.98. The molecule has 0 N–H and O–H groups in total. The van der Waals surface area contributed by atoms with Gasteiger partial charge in [0.1, 0.15) is 0 Å². The van der Waals surface area contributed by atoms with E-state index < -0.39 is 0 Å². The molecule has 0 aliphatic heterocycles. The van der Waals surface area contributed by atoms with Crippen LogP contribution in [0.5, 0.6) is 0 Å². The minimum atomic E-state index is 0.00553. The quantitative estimate of drug-likeness (QED) is 0.800. The van der Waals surface area contributed by atoms with Crippen LogP contribution in [0.15, 0.2) is 21.4 Å². The summed E-state index contributed by atoms with van der Waals surface area (Å²) in [6.07, 6.45) is 4.87. The summed E-state index contributed by atoms with van der Waals surface area (Å²) in [7, 11) is 0. The van der Waals surface area contributed by atoms with Crippen LogP contribution in [0.3, 0.4) is 0 Å². The van der Waals surface area contributed by atoms with Gasteiger partial charge in [-0.1, -0.05) is 0 Å². The Balaban J connectivity index is 2.13. The summed E-state index contributed by atoms with van der Waals surface area (Å²) in [5, 5.41) is 0. The first-order chi connectivity index (χ1) is 7.74. The number of hydrogen-bond acceptors (Lipinski definition) is 2. The lowest BCUT2D eigenvalue weighted by molar-refractivity contribution is 0.0596. The van der Waals surface area contributed by atoms with Crippen molar-refractivity contribution < 1.29 is 9.21 Å². The Kier molecular flexibility index (Phi) is 3.92. The molecular formula is C11H13BrClNO2. The van der Waals surface area contributed by atoms with E-state index in [2.05, 4.69) is 15.9 Å². The number of rotatable bonds is 4. The highest BCUT2D eigenvalue weighted by Gasteiger charge is 2.30. The minimum absolute atomic E-state index is 0.00553. The summed E-state index contributed by atoms with van der Waals surface area (Å²) in [4.78, 5) is 14.1. The van der Waals surface area contributed by atoms with Gasteiger partial charge in [-0.2, -0.15) is 0 Å². The van der Waals surface area contributed by atoms with Crippen molar-refractivity contribution >= 4 is 33.4 Å². The molecule has 88 valence electrons. The van der Waals surface area contributed by atoms with Gasteiger partial charge in [0.25, 0.3) is 5.91 Å². The average Bonchev–Trinajstić information content (AvgIpc) is 2.60. The molecule has 0 spiro atoms. The Morgan fingerprint density at radius 3 is 2.81 bits per heavy atom. The predicted molar refractivity (Wildman–Crippen MR) is 65.8 cm³/mol. The Morgan fingerprint density at radius 1 is 1.62 bits per heavy atom. The van der Waals surface area contributed by atoms with Crippen LogP contribution in [0.4, 0.5) is 0 Å². The van der Waals surface area contributed by atoms with Crippen LogP contribution >= 0.6 is 27.5 Å². The fraction of sp³-hybridized carbons (Fsp3) is 0.545. The minimum Gasteiger partial charge on any atom is -0.457 e. The summed E-state index contributed by atoms with van der Waals surface area (Å²) >= 11 is 8.97. The van der Waals surface area contributed by atoms with E-state index >= 15 is 0 Å². The number of furan rings is 1. The van der Waals surface area contributed by atoms with Crippen molar-refractivity contribution in [1.29, 1.82) is 0 Å². The standard InChI is InChI=1S/C11H13BrClNO2/c12-10-9(4-7-16-10)11(15)14(6-5-13)8-2-1-3-8/h4,7-8H,1-3,5-6H2. The molecule has 1 aromatic heterocycles. The van der Waals surface area contributed by atoms with Gasteiger partial charge in [0, 0.05) is 18.5 Å². The third-order valence-electron chi connectivity index (χ3n) is 2.95. The molecule has 1 aliphatic carbocycles. The van der Waals surface area contributed by atoms with E-state index in [1.807, 2.05) is 4.90 Å². The second-order valence-electron chi connectivity index (χ2n) is 3.88. The number of nitrogens with zero attached hydrogens (tertiary/aromatic N) is 1. The normalized spacial score (nSPS) is 15.9. The summed E-state index contributed by atoms with van der Waals surface area (Å²) in [5.74, 6) is 0.475. The fourth-order valence-electron chi connectivity index (χ4n) is 1.84. The van der Waals surface area contributed by atoms with Crippen LogP contribution in [-0.4, -0.2) is 29.3 Å². The highest BCUT2D eigenvalue weighted by Crippen LogP contribution is 2.28. The van der Waals surface area contributed by atoms with E-state index in [1.165, 1.54) is 12.7 Å². The molecule has 1 heterocycles. The smallest absolute Gasteiger partial charge is 0.258 e. The van der Waals surface area contributed by atoms with E-state index in [0.29, 0.717) is 28.7 Å². The highest BCUT2D eigenvalue weighted by atomic mass is 79.9. The number of hydrogen-bond donors (Lipinski definition) is 0. The molecule has 2 rings (SSSR count). The second kappa shape index (κ2) is 5.23. The van der Waals surface area contributed by atoms with Crippen molar-refractivity contribution in [1.82, 2.24) is 4.90 Å². The maximum atomic E-state index is 12.2.